The van der Waals surface area contributed by atoms with Crippen LogP contribution in [0.25, 0.3) is 0 Å². The van der Waals surface area contributed by atoms with Crippen molar-refractivity contribution in [2.45, 2.75) is 77.6 Å². The van der Waals surface area contributed by atoms with Gasteiger partial charge in [0, 0.05) is 8.80 Å². The van der Waals surface area contributed by atoms with Crippen LogP contribution in [0.5, 0.6) is 0 Å². The summed E-state index contributed by atoms with van der Waals surface area (Å²) >= 11 is 0. The maximum Gasteiger partial charge on any atom is 0.490 e. The number of hydrogen-bond acceptors (Lipinski definition) is 3. The Morgan fingerprint density at radius 1 is 0.864 bits per heavy atom. The van der Waals surface area contributed by atoms with Crippen LogP contribution in [0.4, 0.5) is 13.2 Å². The third-order valence-electron chi connectivity index (χ3n) is 2.55. The maximum atomic E-state index is 10.6. The standard InChI is InChI=1S/C9H22Si.C2HF3O2.C2H6O2.H2O/c1-7(2)10(8(3)4)9(5)6;3-2(4,5)1(6)7;1-2(3)4;/h7-10H,1-6H3;(H,6,7);2-4H,1H3;1H2. The molecule has 0 saturated carbocycles. The van der Waals surface area contributed by atoms with Crippen LogP contribution in [-0.4, -0.2) is 48.0 Å². The van der Waals surface area contributed by atoms with E-state index in [2.05, 4.69) is 41.5 Å². The van der Waals surface area contributed by atoms with Crippen LogP contribution < -0.4 is 0 Å². The van der Waals surface area contributed by atoms with E-state index in [-0.39, 0.29) is 5.48 Å². The molecule has 0 spiro atoms. The normalized spacial score (nSPS) is 11.0. The SMILES string of the molecule is CC(C)[SiH](C(C)C)C(C)C.CC(O)O.O.O=C(O)C(F)(F)F. The third kappa shape index (κ3) is 21.7. The van der Waals surface area contributed by atoms with E-state index in [0.29, 0.717) is 0 Å². The Bertz CT molecular complexity index is 247. The average Bonchev–Trinajstić information content (AvgIpc) is 2.12. The van der Waals surface area contributed by atoms with Crippen molar-refractivity contribution in [1.82, 2.24) is 0 Å². The van der Waals surface area contributed by atoms with E-state index in [9.17, 15) is 13.2 Å². The largest absolute Gasteiger partial charge is 0.490 e. The summed E-state index contributed by atoms with van der Waals surface area (Å²) in [5.74, 6) is -2.76. The zero-order chi connectivity index (χ0) is 18.0. The van der Waals surface area contributed by atoms with Gasteiger partial charge in [-0.1, -0.05) is 58.2 Å². The Morgan fingerprint density at radius 2 is 1.00 bits per heavy atom. The summed E-state index contributed by atoms with van der Waals surface area (Å²) in [7, 11) is -0.454. The van der Waals surface area contributed by atoms with Crippen LogP contribution in [0.1, 0.15) is 48.5 Å². The van der Waals surface area contributed by atoms with Gasteiger partial charge in [0.2, 0.25) is 0 Å². The summed E-state index contributed by atoms with van der Waals surface area (Å²) in [6, 6.07) is 0. The molecule has 0 aliphatic heterocycles. The molecule has 9 heteroatoms. The van der Waals surface area contributed by atoms with Crippen molar-refractivity contribution in [3.8, 4) is 0 Å². The summed E-state index contributed by atoms with van der Waals surface area (Å²) < 4.78 is 31.7. The first-order valence-electron chi connectivity index (χ1n) is 6.80. The summed E-state index contributed by atoms with van der Waals surface area (Å²) in [5, 5.41) is 22.3. The molecule has 0 radical (unpaired) electrons. The van der Waals surface area contributed by atoms with Crippen LogP contribution in [0.3, 0.4) is 0 Å². The minimum absolute atomic E-state index is 0. The van der Waals surface area contributed by atoms with Gasteiger partial charge < -0.3 is 20.8 Å². The van der Waals surface area contributed by atoms with Crippen LogP contribution in [-0.2, 0) is 4.79 Å². The van der Waals surface area contributed by atoms with E-state index in [1.54, 1.807) is 0 Å². The molecular weight excluding hydrogens is 321 g/mol. The number of aliphatic hydroxyl groups is 2. The van der Waals surface area contributed by atoms with Gasteiger partial charge in [-0.3, -0.25) is 0 Å². The number of carboxylic acid groups (broad SMARTS) is 1. The second-order valence-electron chi connectivity index (χ2n) is 5.74. The highest BCUT2D eigenvalue weighted by Crippen LogP contribution is 2.29. The zero-order valence-corrected chi connectivity index (χ0v) is 15.4. The smallest absolute Gasteiger partial charge is 0.475 e. The van der Waals surface area contributed by atoms with Crippen molar-refractivity contribution in [1.29, 1.82) is 0 Å². The minimum atomic E-state index is -5.08. The molecule has 0 fully saturated rings. The van der Waals surface area contributed by atoms with Gasteiger partial charge in [0.1, 0.15) is 6.29 Å². The van der Waals surface area contributed by atoms with E-state index < -0.39 is 27.2 Å². The molecule has 0 aliphatic carbocycles. The molecule has 0 bridgehead atoms. The number of aliphatic carboxylic acids is 1. The van der Waals surface area contributed by atoms with Crippen LogP contribution in [0.15, 0.2) is 0 Å². The minimum Gasteiger partial charge on any atom is -0.475 e. The monoisotopic (exact) mass is 352 g/mol. The molecule has 0 saturated heterocycles. The Balaban J connectivity index is -0.000000118. The van der Waals surface area contributed by atoms with Gasteiger partial charge in [-0.2, -0.15) is 13.2 Å². The summed E-state index contributed by atoms with van der Waals surface area (Å²) in [4.78, 5) is 8.90. The van der Waals surface area contributed by atoms with Crippen molar-refractivity contribution >= 4 is 14.8 Å². The topological polar surface area (TPSA) is 109 Å². The van der Waals surface area contributed by atoms with E-state index in [4.69, 9.17) is 20.1 Å². The summed E-state index contributed by atoms with van der Waals surface area (Å²) in [6.07, 6.45) is -6.25. The number of alkyl halides is 3. The molecule has 0 rings (SSSR count). The molecule has 0 unspecified atom stereocenters. The zero-order valence-electron chi connectivity index (χ0n) is 14.3. The Morgan fingerprint density at radius 3 is 1.00 bits per heavy atom. The lowest BCUT2D eigenvalue weighted by Gasteiger charge is -2.26. The molecule has 0 heterocycles. The van der Waals surface area contributed by atoms with Crippen molar-refractivity contribution in [3.05, 3.63) is 0 Å². The van der Waals surface area contributed by atoms with Gasteiger partial charge in [0.05, 0.1) is 0 Å². The van der Waals surface area contributed by atoms with Gasteiger partial charge in [0.15, 0.2) is 0 Å². The van der Waals surface area contributed by atoms with Gasteiger partial charge in [0.25, 0.3) is 0 Å². The lowest BCUT2D eigenvalue weighted by atomic mass is 10.5. The maximum absolute atomic E-state index is 10.6. The second-order valence-corrected chi connectivity index (χ2v) is 10.9. The number of carbonyl (C=O) groups is 1. The highest BCUT2D eigenvalue weighted by molar-refractivity contribution is 6.63. The molecule has 138 valence electrons. The summed E-state index contributed by atoms with van der Waals surface area (Å²) in [5.41, 5.74) is 2.92. The fraction of sp³-hybridized carbons (Fsp3) is 0.923. The Hall–Kier alpha value is -0.643. The van der Waals surface area contributed by atoms with Gasteiger partial charge >= 0.3 is 12.1 Å². The Kier molecular flexibility index (Phi) is 18.7. The van der Waals surface area contributed by atoms with E-state index in [0.717, 1.165) is 16.6 Å². The first-order valence-corrected chi connectivity index (χ1v) is 8.80. The van der Waals surface area contributed by atoms with Gasteiger partial charge in [-0.15, -0.1) is 0 Å². The third-order valence-corrected chi connectivity index (χ3v) is 7.17. The second kappa shape index (κ2) is 14.0. The van der Waals surface area contributed by atoms with Crippen molar-refractivity contribution in [3.63, 3.8) is 0 Å². The first-order chi connectivity index (χ1) is 9.14. The number of rotatable bonds is 3. The lowest BCUT2D eigenvalue weighted by molar-refractivity contribution is -0.192. The highest BCUT2D eigenvalue weighted by atomic mass is 28.3. The predicted molar refractivity (Wildman–Crippen MR) is 83.6 cm³/mol. The molecule has 0 aromatic rings. The quantitative estimate of drug-likeness (QED) is 0.535. The average molecular weight is 352 g/mol. The molecule has 5 nitrogen and oxygen atoms in total. The van der Waals surface area contributed by atoms with Crippen molar-refractivity contribution in [2.24, 2.45) is 0 Å². The van der Waals surface area contributed by atoms with Crippen LogP contribution in [0, 0.1) is 0 Å². The molecule has 0 aromatic heterocycles. The molecule has 5 N–H and O–H groups in total. The fourth-order valence-corrected chi connectivity index (χ4v) is 6.93. The lowest BCUT2D eigenvalue weighted by Crippen LogP contribution is -2.24. The predicted octanol–water partition coefficient (Wildman–Crippen LogP) is 2.57. The Labute approximate surface area is 132 Å². The van der Waals surface area contributed by atoms with E-state index in [1.165, 1.54) is 6.92 Å². The number of halogens is 3. The van der Waals surface area contributed by atoms with E-state index in [1.807, 2.05) is 0 Å². The number of hydrogen-bond donors (Lipinski definition) is 3. The van der Waals surface area contributed by atoms with E-state index >= 15 is 0 Å². The molecular formula is C13H31F3O5Si. The highest BCUT2D eigenvalue weighted by Gasteiger charge is 2.38. The van der Waals surface area contributed by atoms with Gasteiger partial charge in [-0.05, 0) is 6.92 Å². The number of carboxylic acids is 1. The van der Waals surface area contributed by atoms with Crippen LogP contribution >= 0.6 is 0 Å². The number of aliphatic hydroxyl groups excluding tert-OH is 1. The molecule has 0 aromatic carbocycles. The first kappa shape index (κ1) is 29.4. The van der Waals surface area contributed by atoms with Crippen LogP contribution in [0.2, 0.25) is 16.6 Å². The summed E-state index contributed by atoms with van der Waals surface area (Å²) in [6.45, 7) is 15.6. The molecule has 0 amide bonds. The molecule has 0 atom stereocenters. The van der Waals surface area contributed by atoms with Crippen molar-refractivity contribution in [2.75, 3.05) is 0 Å². The molecule has 0 aliphatic rings. The fourth-order valence-electron chi connectivity index (χ4n) is 2.31. The molecule has 22 heavy (non-hydrogen) atoms. The van der Waals surface area contributed by atoms with Gasteiger partial charge in [-0.25, -0.2) is 4.79 Å². The van der Waals surface area contributed by atoms with Crippen molar-refractivity contribution < 1.29 is 38.8 Å².